The second-order valence-electron chi connectivity index (χ2n) is 5.85. The number of thiophene rings is 1. The van der Waals surface area contributed by atoms with Gasteiger partial charge >= 0.3 is 11.9 Å². The first-order chi connectivity index (χ1) is 13.8. The Kier molecular flexibility index (Phi) is 4.77. The van der Waals surface area contributed by atoms with Crippen molar-refractivity contribution in [2.24, 2.45) is 0 Å². The Morgan fingerprint density at radius 3 is 2.66 bits per heavy atom. The fourth-order valence-electron chi connectivity index (χ4n) is 2.70. The molecular formula is C19H9ClF2N2O4S. The molecule has 0 atom stereocenters. The predicted octanol–water partition coefficient (Wildman–Crippen LogP) is 5.44. The lowest BCUT2D eigenvalue weighted by molar-refractivity contribution is 0.0699. The first kappa shape index (κ1) is 19.0. The molecule has 146 valence electrons. The van der Waals surface area contributed by atoms with Gasteiger partial charge in [-0.25, -0.2) is 18.6 Å². The first-order valence-corrected chi connectivity index (χ1v) is 9.27. The molecule has 0 radical (unpaired) electrons. The highest BCUT2D eigenvalue weighted by Crippen LogP contribution is 2.39. The quantitative estimate of drug-likeness (QED) is 0.417. The second-order valence-corrected chi connectivity index (χ2v) is 7.13. The highest BCUT2D eigenvalue weighted by Gasteiger charge is 2.25. The average Bonchev–Trinajstić information content (AvgIpc) is 3.28. The van der Waals surface area contributed by atoms with E-state index in [-0.39, 0.29) is 27.6 Å². The molecule has 0 saturated heterocycles. The van der Waals surface area contributed by atoms with Crippen LogP contribution >= 0.6 is 22.9 Å². The number of carbonyl (C=O) groups is 2. The fraction of sp³-hybridized carbons (Fsp3) is 0. The van der Waals surface area contributed by atoms with Gasteiger partial charge in [0, 0.05) is 10.9 Å². The van der Waals surface area contributed by atoms with Crippen molar-refractivity contribution in [3.8, 4) is 10.4 Å². The monoisotopic (exact) mass is 434 g/mol. The molecule has 0 spiro atoms. The van der Waals surface area contributed by atoms with Crippen LogP contribution in [0.25, 0.3) is 21.5 Å². The van der Waals surface area contributed by atoms with Gasteiger partial charge in [-0.3, -0.25) is 4.79 Å². The molecule has 4 rings (SSSR count). The number of benzene rings is 2. The Morgan fingerprint density at radius 1 is 1.17 bits per heavy atom. The average molecular weight is 435 g/mol. The minimum atomic E-state index is -1.43. The van der Waals surface area contributed by atoms with E-state index in [0.29, 0.717) is 11.1 Å². The Labute approximate surface area is 170 Å². The van der Waals surface area contributed by atoms with Crippen molar-refractivity contribution in [2.75, 3.05) is 5.32 Å². The van der Waals surface area contributed by atoms with Crippen LogP contribution in [0.3, 0.4) is 0 Å². The van der Waals surface area contributed by atoms with Crippen LogP contribution in [-0.2, 0) is 0 Å². The van der Waals surface area contributed by atoms with E-state index < -0.39 is 28.5 Å². The number of halogens is 3. The van der Waals surface area contributed by atoms with E-state index in [1.807, 2.05) is 0 Å². The third-order valence-electron chi connectivity index (χ3n) is 4.00. The van der Waals surface area contributed by atoms with Gasteiger partial charge in [-0.1, -0.05) is 23.7 Å². The van der Waals surface area contributed by atoms with Crippen LogP contribution < -0.4 is 5.32 Å². The molecule has 0 saturated carbocycles. The van der Waals surface area contributed by atoms with Crippen molar-refractivity contribution >= 4 is 51.6 Å². The minimum Gasteiger partial charge on any atom is -0.478 e. The molecule has 0 fully saturated rings. The molecule has 0 aliphatic rings. The van der Waals surface area contributed by atoms with Crippen LogP contribution in [0.2, 0.25) is 5.02 Å². The maximum atomic E-state index is 14.3. The molecule has 4 aromatic rings. The fourth-order valence-corrected chi connectivity index (χ4v) is 3.86. The number of aromatic nitrogens is 1. The molecule has 0 aliphatic heterocycles. The minimum absolute atomic E-state index is 0.0709. The molecule has 0 unspecified atom stereocenters. The van der Waals surface area contributed by atoms with Gasteiger partial charge in [0.2, 0.25) is 0 Å². The molecule has 2 aromatic heterocycles. The molecule has 10 heteroatoms. The zero-order chi connectivity index (χ0) is 20.7. The van der Waals surface area contributed by atoms with E-state index in [0.717, 1.165) is 23.5 Å². The number of carboxylic acids is 1. The van der Waals surface area contributed by atoms with E-state index in [4.69, 9.17) is 16.0 Å². The Morgan fingerprint density at radius 2 is 1.93 bits per heavy atom. The zero-order valence-corrected chi connectivity index (χ0v) is 15.8. The topological polar surface area (TPSA) is 92.4 Å². The van der Waals surface area contributed by atoms with Crippen LogP contribution in [0.1, 0.15) is 21.0 Å². The van der Waals surface area contributed by atoms with E-state index >= 15 is 0 Å². The summed E-state index contributed by atoms with van der Waals surface area (Å²) in [6, 6.07) is 8.28. The number of aromatic carboxylic acids is 1. The van der Waals surface area contributed by atoms with Gasteiger partial charge in [0.25, 0.3) is 5.89 Å². The van der Waals surface area contributed by atoms with Gasteiger partial charge in [0.15, 0.2) is 5.58 Å². The summed E-state index contributed by atoms with van der Waals surface area (Å²) in [7, 11) is 0. The van der Waals surface area contributed by atoms with Crippen LogP contribution in [0, 0.1) is 11.6 Å². The summed E-state index contributed by atoms with van der Waals surface area (Å²) in [6.07, 6.45) is 0. The lowest BCUT2D eigenvalue weighted by Crippen LogP contribution is -2.14. The number of oxazole rings is 1. The van der Waals surface area contributed by atoms with Gasteiger partial charge in [0.05, 0.1) is 15.6 Å². The van der Waals surface area contributed by atoms with E-state index in [9.17, 15) is 23.5 Å². The predicted molar refractivity (Wildman–Crippen MR) is 104 cm³/mol. The smallest absolute Gasteiger partial charge is 0.339 e. The van der Waals surface area contributed by atoms with Gasteiger partial charge in [-0.2, -0.15) is 0 Å². The van der Waals surface area contributed by atoms with Crippen molar-refractivity contribution in [1.29, 1.82) is 0 Å². The van der Waals surface area contributed by atoms with Crippen LogP contribution in [0.4, 0.5) is 14.5 Å². The number of nitrogens with one attached hydrogen (secondary N) is 1. The molecule has 29 heavy (non-hydrogen) atoms. The first-order valence-electron chi connectivity index (χ1n) is 8.01. The van der Waals surface area contributed by atoms with Crippen molar-refractivity contribution in [2.45, 2.75) is 0 Å². The SMILES string of the molecule is O=C(Nc1csc(-c2cc(F)c(Cl)cc2F)c1C(=O)O)c1nc2ccccc2o1. The zero-order valence-electron chi connectivity index (χ0n) is 14.2. The number of hydrogen-bond acceptors (Lipinski definition) is 5. The van der Waals surface area contributed by atoms with Gasteiger partial charge in [0.1, 0.15) is 22.7 Å². The number of carboxylic acid groups (broad SMARTS) is 1. The summed E-state index contributed by atoms with van der Waals surface area (Å²) in [5.41, 5.74) is 0.0814. The summed E-state index contributed by atoms with van der Waals surface area (Å²) in [6.45, 7) is 0. The van der Waals surface area contributed by atoms with E-state index in [1.54, 1.807) is 24.3 Å². The van der Waals surface area contributed by atoms with E-state index in [2.05, 4.69) is 10.3 Å². The number of anilines is 1. The maximum Gasteiger partial charge on any atom is 0.339 e. The van der Waals surface area contributed by atoms with Crippen LogP contribution in [0.5, 0.6) is 0 Å². The van der Waals surface area contributed by atoms with Gasteiger partial charge < -0.3 is 14.8 Å². The molecule has 6 nitrogen and oxygen atoms in total. The maximum absolute atomic E-state index is 14.3. The Hall–Kier alpha value is -3.30. The summed E-state index contributed by atoms with van der Waals surface area (Å²) in [5, 5.41) is 12.9. The number of nitrogens with zero attached hydrogens (tertiary/aromatic N) is 1. The van der Waals surface area contributed by atoms with Crippen molar-refractivity contribution < 1.29 is 27.9 Å². The Bertz CT molecular complexity index is 1250. The molecule has 0 aliphatic carbocycles. The highest BCUT2D eigenvalue weighted by atomic mass is 35.5. The standard InChI is InChI=1S/C19H9ClF2N2O4S/c20-9-6-10(21)8(5-11(9)22)16-15(19(26)27)13(7-29-16)23-17(25)18-24-12-3-1-2-4-14(12)28-18/h1-7H,(H,23,25)(H,26,27). The van der Waals surface area contributed by atoms with Gasteiger partial charge in [-0.05, 0) is 24.3 Å². The number of para-hydroxylation sites is 2. The second kappa shape index (κ2) is 7.26. The summed E-state index contributed by atoms with van der Waals surface area (Å²) >= 11 is 6.38. The van der Waals surface area contributed by atoms with Crippen LogP contribution in [-0.4, -0.2) is 22.0 Å². The third-order valence-corrected chi connectivity index (χ3v) is 5.30. The molecule has 1 amide bonds. The molecule has 2 N–H and O–H groups in total. The van der Waals surface area contributed by atoms with Crippen molar-refractivity contribution in [3.05, 3.63) is 69.9 Å². The largest absolute Gasteiger partial charge is 0.478 e. The van der Waals surface area contributed by atoms with E-state index in [1.165, 1.54) is 5.38 Å². The number of amides is 1. The van der Waals surface area contributed by atoms with Crippen molar-refractivity contribution in [3.63, 3.8) is 0 Å². The molecule has 2 heterocycles. The van der Waals surface area contributed by atoms with Crippen LogP contribution in [0.15, 0.2) is 46.2 Å². The lowest BCUT2D eigenvalue weighted by atomic mass is 10.1. The third kappa shape index (κ3) is 3.45. The lowest BCUT2D eigenvalue weighted by Gasteiger charge is -2.06. The van der Waals surface area contributed by atoms with Crippen molar-refractivity contribution in [1.82, 2.24) is 4.98 Å². The van der Waals surface area contributed by atoms with Gasteiger partial charge in [-0.15, -0.1) is 11.3 Å². The molecule has 2 aromatic carbocycles. The molecule has 0 bridgehead atoms. The molecular weight excluding hydrogens is 426 g/mol. The summed E-state index contributed by atoms with van der Waals surface area (Å²) in [5.74, 6) is -4.26. The normalized spacial score (nSPS) is 11.0. The number of carbonyl (C=O) groups excluding carboxylic acids is 1. The summed E-state index contributed by atoms with van der Waals surface area (Å²) < 4.78 is 33.4. The highest BCUT2D eigenvalue weighted by molar-refractivity contribution is 7.14. The number of hydrogen-bond donors (Lipinski definition) is 2. The number of rotatable bonds is 4. The summed E-state index contributed by atoms with van der Waals surface area (Å²) in [4.78, 5) is 28.2. The Balaban J connectivity index is 1.73. The number of fused-ring (bicyclic) bond motifs is 1.